The highest BCUT2D eigenvalue weighted by atomic mass is 35.5. The van der Waals surface area contributed by atoms with E-state index >= 15 is 0 Å². The van der Waals surface area contributed by atoms with Gasteiger partial charge in [-0.05, 0) is 54.8 Å². The van der Waals surface area contributed by atoms with Gasteiger partial charge in [-0.1, -0.05) is 48.0 Å². The summed E-state index contributed by atoms with van der Waals surface area (Å²) in [6.07, 6.45) is 2.56. The number of nitrogens with zero attached hydrogens (tertiary/aromatic N) is 2. The topological polar surface area (TPSA) is 46.9 Å². The maximum absolute atomic E-state index is 12.5. The molecule has 4 nitrogen and oxygen atoms in total. The van der Waals surface area contributed by atoms with E-state index in [1.807, 2.05) is 66.1 Å². The van der Waals surface area contributed by atoms with Gasteiger partial charge in [-0.15, -0.1) is 0 Å². The van der Waals surface area contributed by atoms with E-state index in [2.05, 4.69) is 22.4 Å². The Kier molecular flexibility index (Phi) is 5.13. The average Bonchev–Trinajstić information content (AvgIpc) is 3.14. The number of fused-ring (bicyclic) bond motifs is 1. The monoisotopic (exact) mass is 389 g/mol. The first-order valence-electron chi connectivity index (χ1n) is 9.17. The number of nitrogens with one attached hydrogen (secondary N) is 1. The Labute approximate surface area is 168 Å². The highest BCUT2D eigenvalue weighted by Crippen LogP contribution is 2.23. The quantitative estimate of drug-likeness (QED) is 0.524. The minimum atomic E-state index is -0.0919. The molecule has 0 aliphatic heterocycles. The second-order valence-corrected chi connectivity index (χ2v) is 7.15. The predicted octanol–water partition coefficient (Wildman–Crippen LogP) is 4.96. The van der Waals surface area contributed by atoms with E-state index in [-0.39, 0.29) is 5.91 Å². The molecule has 4 rings (SSSR count). The molecule has 0 fully saturated rings. The van der Waals surface area contributed by atoms with Crippen LogP contribution in [0.4, 0.5) is 0 Å². The highest BCUT2D eigenvalue weighted by molar-refractivity contribution is 6.31. The van der Waals surface area contributed by atoms with Crippen molar-refractivity contribution in [2.75, 3.05) is 6.54 Å². The van der Waals surface area contributed by atoms with Crippen LogP contribution in [0, 0.1) is 6.92 Å². The van der Waals surface area contributed by atoms with Crippen molar-refractivity contribution in [2.24, 2.45) is 0 Å². The number of halogens is 1. The molecule has 140 valence electrons. The Morgan fingerprint density at radius 2 is 1.89 bits per heavy atom. The van der Waals surface area contributed by atoms with Gasteiger partial charge in [0.25, 0.3) is 5.91 Å². The second kappa shape index (κ2) is 7.87. The van der Waals surface area contributed by atoms with E-state index in [0.717, 1.165) is 28.7 Å². The van der Waals surface area contributed by atoms with Crippen LogP contribution in [0.25, 0.3) is 16.7 Å². The lowest BCUT2D eigenvalue weighted by molar-refractivity contribution is 0.0954. The summed E-state index contributed by atoms with van der Waals surface area (Å²) in [4.78, 5) is 16.9. The number of benzene rings is 3. The summed E-state index contributed by atoms with van der Waals surface area (Å²) < 4.78 is 1.97. The van der Waals surface area contributed by atoms with Crippen molar-refractivity contribution in [3.8, 4) is 5.69 Å². The minimum Gasteiger partial charge on any atom is -0.352 e. The molecular weight excluding hydrogens is 370 g/mol. The van der Waals surface area contributed by atoms with Gasteiger partial charge in [0.15, 0.2) is 0 Å². The third-order valence-electron chi connectivity index (χ3n) is 4.79. The van der Waals surface area contributed by atoms with Crippen LogP contribution in [0.5, 0.6) is 0 Å². The smallest absolute Gasteiger partial charge is 0.251 e. The molecule has 0 saturated heterocycles. The van der Waals surface area contributed by atoms with Crippen molar-refractivity contribution >= 4 is 28.5 Å². The SMILES string of the molecule is Cc1ccc(-n2cnc3cc(C(=O)NCCc4ccccc4)ccc32)cc1Cl. The van der Waals surface area contributed by atoms with Crippen LogP contribution in [0.1, 0.15) is 21.5 Å². The van der Waals surface area contributed by atoms with Gasteiger partial charge in [0.05, 0.1) is 11.0 Å². The molecule has 0 radical (unpaired) electrons. The molecule has 3 aromatic carbocycles. The van der Waals surface area contributed by atoms with Crippen molar-refractivity contribution < 1.29 is 4.79 Å². The van der Waals surface area contributed by atoms with Crippen LogP contribution in [0.2, 0.25) is 5.02 Å². The Bertz CT molecular complexity index is 1140. The minimum absolute atomic E-state index is 0.0919. The average molecular weight is 390 g/mol. The summed E-state index contributed by atoms with van der Waals surface area (Å²) >= 11 is 6.25. The summed E-state index contributed by atoms with van der Waals surface area (Å²) in [5, 5.41) is 3.69. The molecule has 0 bridgehead atoms. The number of aryl methyl sites for hydroxylation is 1. The molecule has 0 saturated carbocycles. The van der Waals surface area contributed by atoms with E-state index < -0.39 is 0 Å². The molecule has 1 aromatic heterocycles. The van der Waals surface area contributed by atoms with Gasteiger partial charge in [0.1, 0.15) is 6.33 Å². The molecule has 1 amide bonds. The van der Waals surface area contributed by atoms with Crippen molar-refractivity contribution in [3.05, 3.63) is 94.8 Å². The molecule has 1 heterocycles. The number of rotatable bonds is 5. The fourth-order valence-corrected chi connectivity index (χ4v) is 3.33. The van der Waals surface area contributed by atoms with Crippen LogP contribution >= 0.6 is 11.6 Å². The first-order chi connectivity index (χ1) is 13.6. The van der Waals surface area contributed by atoms with Gasteiger partial charge in [0, 0.05) is 22.8 Å². The summed E-state index contributed by atoms with van der Waals surface area (Å²) in [5.74, 6) is -0.0919. The fraction of sp³-hybridized carbons (Fsp3) is 0.130. The molecule has 0 aliphatic rings. The van der Waals surface area contributed by atoms with Gasteiger partial charge in [-0.3, -0.25) is 9.36 Å². The first kappa shape index (κ1) is 18.3. The molecule has 0 atom stereocenters. The van der Waals surface area contributed by atoms with Crippen molar-refractivity contribution in [1.82, 2.24) is 14.9 Å². The third kappa shape index (κ3) is 3.78. The molecular formula is C23H20ClN3O. The summed E-state index contributed by atoms with van der Waals surface area (Å²) in [7, 11) is 0. The second-order valence-electron chi connectivity index (χ2n) is 6.74. The van der Waals surface area contributed by atoms with Gasteiger partial charge < -0.3 is 5.32 Å². The van der Waals surface area contributed by atoms with Crippen LogP contribution < -0.4 is 5.32 Å². The standard InChI is InChI=1S/C23H20ClN3O/c1-16-7-9-19(14-20(16)24)27-15-26-21-13-18(8-10-22(21)27)23(28)25-12-11-17-5-3-2-4-6-17/h2-10,13-15H,11-12H2,1H3,(H,25,28). The highest BCUT2D eigenvalue weighted by Gasteiger charge is 2.10. The molecule has 0 aliphatic carbocycles. The van der Waals surface area contributed by atoms with Crippen molar-refractivity contribution in [2.45, 2.75) is 13.3 Å². The molecule has 28 heavy (non-hydrogen) atoms. The number of aromatic nitrogens is 2. The Morgan fingerprint density at radius 3 is 2.68 bits per heavy atom. The number of hydrogen-bond donors (Lipinski definition) is 1. The number of carbonyl (C=O) groups excluding carboxylic acids is 1. The Morgan fingerprint density at radius 1 is 1.07 bits per heavy atom. The largest absolute Gasteiger partial charge is 0.352 e. The van der Waals surface area contributed by atoms with Crippen molar-refractivity contribution in [1.29, 1.82) is 0 Å². The maximum Gasteiger partial charge on any atom is 0.251 e. The van der Waals surface area contributed by atoms with E-state index in [1.54, 1.807) is 6.33 Å². The zero-order valence-electron chi connectivity index (χ0n) is 15.5. The van der Waals surface area contributed by atoms with Gasteiger partial charge in [-0.2, -0.15) is 0 Å². The number of carbonyl (C=O) groups is 1. The zero-order valence-corrected chi connectivity index (χ0v) is 16.3. The lowest BCUT2D eigenvalue weighted by Crippen LogP contribution is -2.25. The van der Waals surface area contributed by atoms with Crippen LogP contribution in [-0.4, -0.2) is 22.0 Å². The molecule has 1 N–H and O–H groups in total. The van der Waals surface area contributed by atoms with Gasteiger partial charge >= 0.3 is 0 Å². The maximum atomic E-state index is 12.5. The Balaban J connectivity index is 1.50. The van der Waals surface area contributed by atoms with E-state index in [4.69, 9.17) is 11.6 Å². The molecule has 0 spiro atoms. The first-order valence-corrected chi connectivity index (χ1v) is 9.55. The van der Waals surface area contributed by atoms with E-state index in [1.165, 1.54) is 5.56 Å². The third-order valence-corrected chi connectivity index (χ3v) is 5.19. The summed E-state index contributed by atoms with van der Waals surface area (Å²) in [5.41, 5.74) is 5.48. The van der Waals surface area contributed by atoms with Crippen LogP contribution in [0.15, 0.2) is 73.1 Å². The molecule has 4 aromatic rings. The van der Waals surface area contributed by atoms with Crippen LogP contribution in [-0.2, 0) is 6.42 Å². The van der Waals surface area contributed by atoms with E-state index in [9.17, 15) is 4.79 Å². The van der Waals surface area contributed by atoms with Crippen molar-refractivity contribution in [3.63, 3.8) is 0 Å². The van der Waals surface area contributed by atoms with Gasteiger partial charge in [-0.25, -0.2) is 4.98 Å². The molecule has 5 heteroatoms. The number of amides is 1. The lowest BCUT2D eigenvalue weighted by atomic mass is 10.1. The fourth-order valence-electron chi connectivity index (χ4n) is 3.16. The zero-order chi connectivity index (χ0) is 19.5. The number of hydrogen-bond acceptors (Lipinski definition) is 2. The van der Waals surface area contributed by atoms with Crippen LogP contribution in [0.3, 0.4) is 0 Å². The summed E-state index contributed by atoms with van der Waals surface area (Å²) in [6, 6.07) is 21.6. The molecule has 0 unspecified atom stereocenters. The van der Waals surface area contributed by atoms with E-state index in [0.29, 0.717) is 17.1 Å². The summed E-state index contributed by atoms with van der Waals surface area (Å²) in [6.45, 7) is 2.57. The normalized spacial score (nSPS) is 10.9. The lowest BCUT2D eigenvalue weighted by Gasteiger charge is -2.08. The Hall–Kier alpha value is -3.11. The predicted molar refractivity (Wildman–Crippen MR) is 113 cm³/mol. The van der Waals surface area contributed by atoms with Gasteiger partial charge in [0.2, 0.25) is 0 Å². The number of imidazole rings is 1.